The zero-order chi connectivity index (χ0) is 42.2. The summed E-state index contributed by atoms with van der Waals surface area (Å²) in [7, 11) is 0. The molecule has 0 radical (unpaired) electrons. The number of anilines is 3. The van der Waals surface area contributed by atoms with E-state index < -0.39 is 0 Å². The highest BCUT2D eigenvalue weighted by Gasteiger charge is 2.47. The van der Waals surface area contributed by atoms with Gasteiger partial charge in [-0.2, -0.15) is 0 Å². The lowest BCUT2D eigenvalue weighted by Crippen LogP contribution is -2.55. The third kappa shape index (κ3) is 4.88. The number of rotatable bonds is 2. The minimum atomic E-state index is 0.00980. The Morgan fingerprint density at radius 1 is 0.500 bits per heavy atom. The normalized spacial score (nSPS) is 18.5. The Morgan fingerprint density at radius 3 is 1.87 bits per heavy atom. The van der Waals surface area contributed by atoms with Gasteiger partial charge in [0.05, 0.1) is 5.69 Å². The summed E-state index contributed by atoms with van der Waals surface area (Å²) >= 11 is 2.05. The van der Waals surface area contributed by atoms with Crippen LogP contribution in [0.5, 0.6) is 0 Å². The Labute approximate surface area is 370 Å². The van der Waals surface area contributed by atoms with Crippen molar-refractivity contribution < 1.29 is 0 Å². The van der Waals surface area contributed by atoms with Gasteiger partial charge in [-0.05, 0) is 151 Å². The monoisotopic (exact) mass is 820 g/mol. The van der Waals surface area contributed by atoms with Crippen molar-refractivity contribution in [1.82, 2.24) is 4.48 Å². The van der Waals surface area contributed by atoms with Crippen LogP contribution < -0.4 is 15.1 Å². The quantitative estimate of drug-likeness (QED) is 0.158. The van der Waals surface area contributed by atoms with E-state index in [9.17, 15) is 0 Å². The van der Waals surface area contributed by atoms with Crippen molar-refractivity contribution in [2.75, 3.05) is 4.90 Å². The smallest absolute Gasteiger partial charge is 0.343 e. The molecule has 4 heterocycles. The molecule has 0 unspecified atom stereocenters. The van der Waals surface area contributed by atoms with Crippen LogP contribution in [0.3, 0.4) is 0 Å². The molecule has 62 heavy (non-hydrogen) atoms. The molecular weight excluding hydrogens is 768 g/mol. The maximum Gasteiger partial charge on any atom is 0.343 e. The molecular formula is C58H53BN2S. The molecule has 9 aromatic rings. The first-order valence-electron chi connectivity index (χ1n) is 23.0. The van der Waals surface area contributed by atoms with Crippen LogP contribution in [-0.2, 0) is 21.7 Å². The highest BCUT2D eigenvalue weighted by molar-refractivity contribution is 7.32. The van der Waals surface area contributed by atoms with Crippen molar-refractivity contribution in [2.24, 2.45) is 0 Å². The van der Waals surface area contributed by atoms with E-state index in [-0.39, 0.29) is 28.5 Å². The van der Waals surface area contributed by atoms with Crippen molar-refractivity contribution in [3.8, 4) is 22.3 Å². The molecule has 0 N–H and O–H groups in total. The Morgan fingerprint density at radius 2 is 1.15 bits per heavy atom. The van der Waals surface area contributed by atoms with Crippen LogP contribution in [0.2, 0.25) is 0 Å². The van der Waals surface area contributed by atoms with E-state index in [0.29, 0.717) is 0 Å². The minimum absolute atomic E-state index is 0.00980. The lowest BCUT2D eigenvalue weighted by Gasteiger charge is -2.44. The minimum Gasteiger partial charge on any atom is -0.375 e. The van der Waals surface area contributed by atoms with E-state index >= 15 is 0 Å². The third-order valence-corrected chi connectivity index (χ3v) is 17.4. The average Bonchev–Trinajstić information content (AvgIpc) is 3.80. The third-order valence-electron chi connectivity index (χ3n) is 16.2. The number of aromatic nitrogens is 1. The molecule has 304 valence electrons. The fourth-order valence-corrected chi connectivity index (χ4v) is 13.8. The number of hydrogen-bond donors (Lipinski definition) is 0. The van der Waals surface area contributed by atoms with E-state index in [1.165, 1.54) is 140 Å². The molecule has 4 heteroatoms. The van der Waals surface area contributed by atoms with E-state index in [4.69, 9.17) is 0 Å². The number of fused-ring (bicyclic) bond motifs is 12. The molecule has 2 aliphatic heterocycles. The summed E-state index contributed by atoms with van der Waals surface area (Å²) in [5.41, 5.74) is 19.7. The van der Waals surface area contributed by atoms with Crippen LogP contribution in [0.25, 0.3) is 64.9 Å². The Bertz CT molecular complexity index is 3430. The van der Waals surface area contributed by atoms with Gasteiger partial charge in [-0.3, -0.25) is 0 Å². The predicted molar refractivity (Wildman–Crippen MR) is 269 cm³/mol. The largest absolute Gasteiger partial charge is 0.375 e. The van der Waals surface area contributed by atoms with Gasteiger partial charge in [-0.1, -0.05) is 134 Å². The topological polar surface area (TPSA) is 8.17 Å². The van der Waals surface area contributed by atoms with Crippen molar-refractivity contribution in [1.29, 1.82) is 0 Å². The summed E-state index contributed by atoms with van der Waals surface area (Å²) in [6.45, 7) is 19.8. The molecule has 0 spiro atoms. The maximum absolute atomic E-state index is 2.76. The van der Waals surface area contributed by atoms with Crippen LogP contribution >= 0.6 is 11.3 Å². The van der Waals surface area contributed by atoms with Gasteiger partial charge in [0.25, 0.3) is 0 Å². The second-order valence-electron chi connectivity index (χ2n) is 21.8. The first-order valence-corrected chi connectivity index (χ1v) is 23.8. The maximum atomic E-state index is 2.76. The molecule has 2 nitrogen and oxygen atoms in total. The SMILES string of the molecule is CC1(C)CCC(C)(C)c2cc(N3c4cc(-c5ccccc5)cc5c4B(c4sc6cc7c(cc6c43)C(C)(C)CCC7(C)C)n3c4cc6ccccc6cc4c4cccc-5c43)ccc21. The van der Waals surface area contributed by atoms with E-state index in [1.807, 2.05) is 0 Å². The summed E-state index contributed by atoms with van der Waals surface area (Å²) < 4.78 is 5.61. The molecule has 0 saturated heterocycles. The van der Waals surface area contributed by atoms with Gasteiger partial charge in [0.2, 0.25) is 0 Å². The second-order valence-corrected chi connectivity index (χ2v) is 22.9. The molecule has 4 aliphatic rings. The average molecular weight is 821 g/mol. The van der Waals surface area contributed by atoms with Gasteiger partial charge in [0, 0.05) is 53.6 Å². The van der Waals surface area contributed by atoms with Crippen LogP contribution in [0.1, 0.15) is 103 Å². The second kappa shape index (κ2) is 12.1. The van der Waals surface area contributed by atoms with Gasteiger partial charge in [-0.15, -0.1) is 11.3 Å². The summed E-state index contributed by atoms with van der Waals surface area (Å²) in [5, 5.41) is 6.64. The van der Waals surface area contributed by atoms with Crippen molar-refractivity contribution in [2.45, 2.75) is 103 Å². The fourth-order valence-electron chi connectivity index (χ4n) is 12.5. The van der Waals surface area contributed by atoms with Crippen LogP contribution in [0, 0.1) is 0 Å². The van der Waals surface area contributed by atoms with Gasteiger partial charge < -0.3 is 9.38 Å². The number of thiophene rings is 1. The Balaban J connectivity index is 1.21. The zero-order valence-corrected chi connectivity index (χ0v) is 38.1. The summed E-state index contributed by atoms with van der Waals surface area (Å²) in [6.07, 6.45) is 4.78. The van der Waals surface area contributed by atoms with Crippen LogP contribution in [-0.4, -0.2) is 11.3 Å². The van der Waals surface area contributed by atoms with Crippen LogP contribution in [0.15, 0.2) is 127 Å². The number of para-hydroxylation sites is 1. The molecule has 13 rings (SSSR count). The van der Waals surface area contributed by atoms with E-state index in [2.05, 4.69) is 203 Å². The lowest BCUT2D eigenvalue weighted by molar-refractivity contribution is 0.332. The highest BCUT2D eigenvalue weighted by Crippen LogP contribution is 2.55. The first-order chi connectivity index (χ1) is 29.7. The lowest BCUT2D eigenvalue weighted by atomic mass is 9.48. The van der Waals surface area contributed by atoms with Gasteiger partial charge >= 0.3 is 6.85 Å². The highest BCUT2D eigenvalue weighted by atomic mass is 32.1. The summed E-state index contributed by atoms with van der Waals surface area (Å²) in [4.78, 5) is 2.73. The molecule has 0 saturated carbocycles. The van der Waals surface area contributed by atoms with Gasteiger partial charge in [0.1, 0.15) is 0 Å². The molecule has 2 aromatic heterocycles. The summed E-state index contributed by atoms with van der Waals surface area (Å²) in [5.74, 6) is 0. The molecule has 7 aromatic carbocycles. The number of nitrogens with zero attached hydrogens (tertiary/aromatic N) is 2. The van der Waals surface area contributed by atoms with Crippen molar-refractivity contribution in [3.05, 3.63) is 150 Å². The van der Waals surface area contributed by atoms with Crippen molar-refractivity contribution in [3.63, 3.8) is 0 Å². The molecule has 0 bridgehead atoms. The molecule has 2 aliphatic carbocycles. The van der Waals surface area contributed by atoms with Gasteiger partial charge in [0.15, 0.2) is 0 Å². The molecule has 0 atom stereocenters. The fraction of sp³-hybridized carbons (Fsp3) is 0.276. The van der Waals surface area contributed by atoms with Crippen molar-refractivity contribution >= 4 is 88.2 Å². The standard InChI is InChI=1S/C58H53BN2S/c1-55(2)23-24-56(3,4)45-31-38(21-22-44(45)55)60-49-30-37(34-15-10-9-11-16-34)28-42-40-20-14-19-39-41-27-35-17-12-13-18-36(35)29-48(41)61(52(39)40)59(51(42)49)54-53(60)43-32-46-47(33-50(43)62-54)58(7,8)26-25-57(46,5)6/h9-22,27-33H,23-26H2,1-8H3. The molecule has 0 amide bonds. The number of hydrogen-bond acceptors (Lipinski definition) is 2. The zero-order valence-electron chi connectivity index (χ0n) is 37.3. The van der Waals surface area contributed by atoms with E-state index in [0.717, 1.165) is 0 Å². The van der Waals surface area contributed by atoms with Gasteiger partial charge in [-0.25, -0.2) is 0 Å². The molecule has 0 fully saturated rings. The Kier molecular flexibility index (Phi) is 7.23. The first kappa shape index (κ1) is 37.0. The predicted octanol–water partition coefficient (Wildman–Crippen LogP) is 14.9. The van der Waals surface area contributed by atoms with Crippen LogP contribution in [0.4, 0.5) is 17.1 Å². The Hall–Kier alpha value is -5.58. The number of benzene rings is 7. The summed E-state index contributed by atoms with van der Waals surface area (Å²) in [6, 6.07) is 49.9. The van der Waals surface area contributed by atoms with E-state index in [1.54, 1.807) is 0 Å².